The number of hydrogen-bond acceptors (Lipinski definition) is 2. The normalized spacial score (nSPS) is 11.9. The summed E-state index contributed by atoms with van der Waals surface area (Å²) < 4.78 is 37.1. The Balaban J connectivity index is 2.76. The van der Waals surface area contributed by atoms with E-state index in [0.29, 0.717) is 17.6 Å². The van der Waals surface area contributed by atoms with Gasteiger partial charge in [-0.25, -0.2) is 0 Å². The lowest BCUT2D eigenvalue weighted by atomic mass is 9.96. The third-order valence-electron chi connectivity index (χ3n) is 2.67. The van der Waals surface area contributed by atoms with Gasteiger partial charge in [0.2, 0.25) is 0 Å². The summed E-state index contributed by atoms with van der Waals surface area (Å²) in [5, 5.41) is 17.8. The average molecular weight is 260 g/mol. The van der Waals surface area contributed by atoms with E-state index in [9.17, 15) is 13.2 Å². The van der Waals surface area contributed by atoms with Crippen LogP contribution in [0.4, 0.5) is 13.2 Å². The minimum Gasteiger partial charge on any atom is -0.396 e. The topological polar surface area (TPSA) is 40.5 Å². The summed E-state index contributed by atoms with van der Waals surface area (Å²) in [7, 11) is 0. The van der Waals surface area contributed by atoms with Crippen molar-refractivity contribution in [2.75, 3.05) is 13.2 Å². The van der Waals surface area contributed by atoms with Crippen molar-refractivity contribution in [1.82, 2.24) is 0 Å². The Morgan fingerprint density at radius 2 is 1.61 bits per heavy atom. The maximum Gasteiger partial charge on any atom is 0.416 e. The van der Waals surface area contributed by atoms with Gasteiger partial charge in [-0.2, -0.15) is 13.2 Å². The smallest absolute Gasteiger partial charge is 0.396 e. The average Bonchev–Trinajstić information content (AvgIpc) is 2.34. The first-order valence-corrected chi connectivity index (χ1v) is 5.45. The third-order valence-corrected chi connectivity index (χ3v) is 2.67. The molecule has 100 valence electrons. The molecule has 18 heavy (non-hydrogen) atoms. The SMILES string of the molecule is C=C(CC(CO)CO)c1ccc(C(F)(F)F)cc1. The highest BCUT2D eigenvalue weighted by Crippen LogP contribution is 2.30. The lowest BCUT2D eigenvalue weighted by Gasteiger charge is -2.14. The van der Waals surface area contributed by atoms with Crippen LogP contribution in [0.5, 0.6) is 0 Å². The number of hydrogen-bond donors (Lipinski definition) is 2. The first-order valence-electron chi connectivity index (χ1n) is 5.45. The van der Waals surface area contributed by atoms with Gasteiger partial charge in [0.1, 0.15) is 0 Å². The zero-order valence-electron chi connectivity index (χ0n) is 9.74. The Labute approximate surface area is 103 Å². The van der Waals surface area contributed by atoms with Crippen LogP contribution in [0.1, 0.15) is 17.5 Å². The van der Waals surface area contributed by atoms with E-state index in [0.717, 1.165) is 12.1 Å². The maximum atomic E-state index is 12.4. The second kappa shape index (κ2) is 6.02. The van der Waals surface area contributed by atoms with Gasteiger partial charge in [0.15, 0.2) is 0 Å². The number of benzene rings is 1. The molecule has 2 N–H and O–H groups in total. The van der Waals surface area contributed by atoms with E-state index in [1.54, 1.807) is 0 Å². The maximum absolute atomic E-state index is 12.4. The zero-order chi connectivity index (χ0) is 13.8. The minimum absolute atomic E-state index is 0.184. The van der Waals surface area contributed by atoms with Gasteiger partial charge >= 0.3 is 6.18 Å². The molecule has 0 aliphatic rings. The molecule has 0 aromatic heterocycles. The fourth-order valence-corrected chi connectivity index (χ4v) is 1.55. The van der Waals surface area contributed by atoms with Crippen LogP contribution in [0.3, 0.4) is 0 Å². The van der Waals surface area contributed by atoms with Crippen LogP contribution in [-0.4, -0.2) is 23.4 Å². The fourth-order valence-electron chi connectivity index (χ4n) is 1.55. The molecule has 0 saturated carbocycles. The largest absolute Gasteiger partial charge is 0.416 e. The number of allylic oxidation sites excluding steroid dienone is 1. The molecule has 0 fully saturated rings. The van der Waals surface area contributed by atoms with Crippen LogP contribution >= 0.6 is 0 Å². The van der Waals surface area contributed by atoms with E-state index in [2.05, 4.69) is 6.58 Å². The second-order valence-electron chi connectivity index (χ2n) is 4.11. The zero-order valence-corrected chi connectivity index (χ0v) is 9.74. The number of rotatable bonds is 5. The first kappa shape index (κ1) is 14.7. The van der Waals surface area contributed by atoms with Crippen LogP contribution in [0.15, 0.2) is 30.8 Å². The molecule has 1 aromatic carbocycles. The molecule has 2 nitrogen and oxygen atoms in total. The van der Waals surface area contributed by atoms with Crippen molar-refractivity contribution in [3.8, 4) is 0 Å². The van der Waals surface area contributed by atoms with Crippen LogP contribution < -0.4 is 0 Å². The van der Waals surface area contributed by atoms with Gasteiger partial charge in [0.05, 0.1) is 5.56 Å². The standard InChI is InChI=1S/C13H15F3O2/c1-9(6-10(7-17)8-18)11-2-4-12(5-3-11)13(14,15)16/h2-5,10,17-18H,1,6-8H2. The molecule has 0 unspecified atom stereocenters. The number of aliphatic hydroxyl groups excluding tert-OH is 2. The number of halogens is 3. The highest BCUT2D eigenvalue weighted by Gasteiger charge is 2.30. The predicted molar refractivity (Wildman–Crippen MR) is 62.8 cm³/mol. The molecular weight excluding hydrogens is 245 g/mol. The third kappa shape index (κ3) is 3.85. The highest BCUT2D eigenvalue weighted by molar-refractivity contribution is 5.63. The molecule has 0 aliphatic carbocycles. The molecule has 5 heteroatoms. The van der Waals surface area contributed by atoms with Crippen LogP contribution in [-0.2, 0) is 6.18 Å². The van der Waals surface area contributed by atoms with E-state index in [1.165, 1.54) is 12.1 Å². The van der Waals surface area contributed by atoms with E-state index in [1.807, 2.05) is 0 Å². The lowest BCUT2D eigenvalue weighted by molar-refractivity contribution is -0.137. The molecule has 0 bridgehead atoms. The van der Waals surface area contributed by atoms with Gasteiger partial charge in [0, 0.05) is 19.1 Å². The van der Waals surface area contributed by atoms with Gasteiger partial charge < -0.3 is 10.2 Å². The Morgan fingerprint density at radius 1 is 1.11 bits per heavy atom. The summed E-state index contributed by atoms with van der Waals surface area (Å²) in [6.45, 7) is 3.38. The van der Waals surface area contributed by atoms with Gasteiger partial charge in [-0.1, -0.05) is 18.7 Å². The molecule has 1 rings (SSSR count). The lowest BCUT2D eigenvalue weighted by Crippen LogP contribution is -2.11. The summed E-state index contributed by atoms with van der Waals surface area (Å²) in [5.41, 5.74) is 0.464. The van der Waals surface area contributed by atoms with E-state index in [4.69, 9.17) is 10.2 Å². The summed E-state index contributed by atoms with van der Waals surface area (Å²) in [6, 6.07) is 4.68. The van der Waals surface area contributed by atoms with Crippen molar-refractivity contribution in [1.29, 1.82) is 0 Å². The van der Waals surface area contributed by atoms with Crippen molar-refractivity contribution >= 4 is 5.57 Å². The van der Waals surface area contributed by atoms with E-state index >= 15 is 0 Å². The summed E-state index contributed by atoms with van der Waals surface area (Å²) >= 11 is 0. The van der Waals surface area contributed by atoms with Crippen molar-refractivity contribution in [2.24, 2.45) is 5.92 Å². The summed E-state index contributed by atoms with van der Waals surface area (Å²) in [5.74, 6) is -0.334. The molecule has 0 saturated heterocycles. The minimum atomic E-state index is -4.35. The number of aliphatic hydroxyl groups is 2. The first-order chi connectivity index (χ1) is 8.38. The molecule has 1 aromatic rings. The molecule has 0 aliphatic heterocycles. The second-order valence-corrected chi connectivity index (χ2v) is 4.11. The predicted octanol–water partition coefficient (Wildman–Crippen LogP) is 2.71. The molecular formula is C13H15F3O2. The van der Waals surface area contributed by atoms with Gasteiger partial charge in [-0.15, -0.1) is 0 Å². The Kier molecular flexibility index (Phi) is 4.93. The Morgan fingerprint density at radius 3 is 2.00 bits per heavy atom. The Bertz CT molecular complexity index is 392. The summed E-state index contributed by atoms with van der Waals surface area (Å²) in [4.78, 5) is 0. The van der Waals surface area contributed by atoms with E-state index < -0.39 is 11.7 Å². The fraction of sp³-hybridized carbons (Fsp3) is 0.385. The van der Waals surface area contributed by atoms with Crippen molar-refractivity contribution in [3.63, 3.8) is 0 Å². The van der Waals surface area contributed by atoms with Crippen LogP contribution in [0, 0.1) is 5.92 Å². The van der Waals surface area contributed by atoms with Crippen molar-refractivity contribution in [2.45, 2.75) is 12.6 Å². The van der Waals surface area contributed by atoms with Crippen molar-refractivity contribution in [3.05, 3.63) is 42.0 Å². The molecule has 0 spiro atoms. The molecule has 0 heterocycles. The number of alkyl halides is 3. The highest BCUT2D eigenvalue weighted by atomic mass is 19.4. The van der Waals surface area contributed by atoms with Crippen molar-refractivity contribution < 1.29 is 23.4 Å². The molecule has 0 amide bonds. The molecule has 0 radical (unpaired) electrons. The van der Waals surface area contributed by atoms with E-state index in [-0.39, 0.29) is 19.1 Å². The quantitative estimate of drug-likeness (QED) is 0.854. The Hall–Kier alpha value is -1.33. The van der Waals surface area contributed by atoms with Crippen LogP contribution in [0.2, 0.25) is 0 Å². The van der Waals surface area contributed by atoms with Gasteiger partial charge in [-0.3, -0.25) is 0 Å². The molecule has 0 atom stereocenters. The van der Waals surface area contributed by atoms with Gasteiger partial charge in [-0.05, 0) is 29.7 Å². The van der Waals surface area contributed by atoms with Crippen LogP contribution in [0.25, 0.3) is 5.57 Å². The van der Waals surface area contributed by atoms with Gasteiger partial charge in [0.25, 0.3) is 0 Å². The monoisotopic (exact) mass is 260 g/mol. The summed E-state index contributed by atoms with van der Waals surface area (Å²) in [6.07, 6.45) is -4.00.